The zero-order valence-electron chi connectivity index (χ0n) is 19.3. The van der Waals surface area contributed by atoms with E-state index in [0.29, 0.717) is 26.4 Å². The number of amides is 1. The zero-order valence-corrected chi connectivity index (χ0v) is 21.0. The highest BCUT2D eigenvalue weighted by Gasteiger charge is 2.19. The number of thiophene rings is 1. The Bertz CT molecular complexity index is 1730. The number of hydrogen-bond acceptors (Lipinski definition) is 7. The third-order valence-corrected chi connectivity index (χ3v) is 8.02. The third-order valence-electron chi connectivity index (χ3n) is 5.86. The van der Waals surface area contributed by atoms with Crippen LogP contribution in [0, 0.1) is 24.0 Å². The van der Waals surface area contributed by atoms with Crippen LogP contribution in [0.4, 0.5) is 11.4 Å². The van der Waals surface area contributed by atoms with E-state index in [1.807, 2.05) is 56.3 Å². The molecule has 36 heavy (non-hydrogen) atoms. The third kappa shape index (κ3) is 4.60. The van der Waals surface area contributed by atoms with Crippen molar-refractivity contribution in [2.45, 2.75) is 18.7 Å². The number of hydrogen-bond donors (Lipinski definition) is 2. The van der Waals surface area contributed by atoms with Crippen LogP contribution in [0.15, 0.2) is 70.4 Å². The number of nitrogens with one attached hydrogen (secondary N) is 2. The van der Waals surface area contributed by atoms with E-state index in [-0.39, 0.29) is 28.7 Å². The molecule has 0 fully saturated rings. The number of aromatic nitrogens is 2. The molecule has 2 aromatic heterocycles. The fourth-order valence-electron chi connectivity index (χ4n) is 3.93. The number of nitrogens with zero attached hydrogens (tertiary/aromatic N) is 2. The van der Waals surface area contributed by atoms with Gasteiger partial charge in [0.05, 0.1) is 21.0 Å². The number of fused-ring (bicyclic) bond motifs is 2. The van der Waals surface area contributed by atoms with Gasteiger partial charge in [0.1, 0.15) is 10.7 Å². The molecule has 0 unspecified atom stereocenters. The molecule has 10 heteroatoms. The first-order chi connectivity index (χ1) is 17.3. The van der Waals surface area contributed by atoms with Crippen molar-refractivity contribution in [3.63, 3.8) is 0 Å². The Morgan fingerprint density at radius 3 is 2.67 bits per heavy atom. The highest BCUT2D eigenvalue weighted by Crippen LogP contribution is 2.34. The van der Waals surface area contributed by atoms with Crippen molar-refractivity contribution in [2.24, 2.45) is 0 Å². The number of H-pyrrole nitrogens is 1. The molecule has 0 aliphatic carbocycles. The minimum Gasteiger partial charge on any atom is -0.325 e. The summed E-state index contributed by atoms with van der Waals surface area (Å²) in [5.41, 5.74) is 1.54. The normalized spacial score (nSPS) is 11.2. The van der Waals surface area contributed by atoms with Gasteiger partial charge in [-0.1, -0.05) is 30.3 Å². The van der Waals surface area contributed by atoms with Crippen LogP contribution < -0.4 is 10.9 Å². The molecule has 1 amide bonds. The molecule has 0 bridgehead atoms. The van der Waals surface area contributed by atoms with Gasteiger partial charge in [-0.3, -0.25) is 19.7 Å². The molecule has 5 rings (SSSR count). The number of anilines is 1. The topological polar surface area (TPSA) is 118 Å². The van der Waals surface area contributed by atoms with Crippen LogP contribution in [0.5, 0.6) is 0 Å². The summed E-state index contributed by atoms with van der Waals surface area (Å²) < 4.78 is 0. The van der Waals surface area contributed by atoms with Crippen LogP contribution >= 0.6 is 23.1 Å². The summed E-state index contributed by atoms with van der Waals surface area (Å²) >= 11 is 2.49. The van der Waals surface area contributed by atoms with E-state index in [1.165, 1.54) is 17.4 Å². The van der Waals surface area contributed by atoms with Crippen LogP contribution in [-0.2, 0) is 4.79 Å². The van der Waals surface area contributed by atoms with Crippen LogP contribution in [0.25, 0.3) is 32.4 Å². The van der Waals surface area contributed by atoms with E-state index in [4.69, 9.17) is 0 Å². The zero-order chi connectivity index (χ0) is 25.4. The van der Waals surface area contributed by atoms with Crippen molar-refractivity contribution >= 4 is 61.4 Å². The van der Waals surface area contributed by atoms with E-state index in [0.717, 1.165) is 33.0 Å². The Balaban J connectivity index is 1.36. The van der Waals surface area contributed by atoms with Gasteiger partial charge in [0.15, 0.2) is 0 Å². The van der Waals surface area contributed by atoms with E-state index in [2.05, 4.69) is 15.3 Å². The van der Waals surface area contributed by atoms with Crippen molar-refractivity contribution in [1.82, 2.24) is 9.97 Å². The summed E-state index contributed by atoms with van der Waals surface area (Å²) in [5, 5.41) is 17.3. The highest BCUT2D eigenvalue weighted by molar-refractivity contribution is 8.00. The number of aromatic amines is 1. The molecule has 2 N–H and O–H groups in total. The maximum Gasteiger partial charge on any atom is 0.283 e. The Morgan fingerprint density at radius 2 is 1.89 bits per heavy atom. The lowest BCUT2D eigenvalue weighted by atomic mass is 10.1. The van der Waals surface area contributed by atoms with Crippen LogP contribution in [-0.4, -0.2) is 26.6 Å². The van der Waals surface area contributed by atoms with Gasteiger partial charge in [-0.05, 0) is 54.4 Å². The lowest BCUT2D eigenvalue weighted by Crippen LogP contribution is -2.14. The second-order valence-electron chi connectivity index (χ2n) is 8.22. The quantitative estimate of drug-likeness (QED) is 0.161. The Morgan fingerprint density at radius 1 is 1.11 bits per heavy atom. The molecule has 0 aliphatic rings. The monoisotopic (exact) mass is 516 g/mol. The van der Waals surface area contributed by atoms with Crippen molar-refractivity contribution in [3.05, 3.63) is 91.6 Å². The predicted octanol–water partition coefficient (Wildman–Crippen LogP) is 6.06. The molecule has 180 valence electrons. The average Bonchev–Trinajstić information content (AvgIpc) is 3.16. The smallest absolute Gasteiger partial charge is 0.283 e. The molecular formula is C26H20N4O4S2. The van der Waals surface area contributed by atoms with Gasteiger partial charge >= 0.3 is 0 Å². The summed E-state index contributed by atoms with van der Waals surface area (Å²) in [7, 11) is 0. The lowest BCUT2D eigenvalue weighted by Gasteiger charge is -2.08. The van der Waals surface area contributed by atoms with Crippen molar-refractivity contribution in [3.8, 4) is 11.4 Å². The maximum absolute atomic E-state index is 12.6. The number of rotatable bonds is 6. The van der Waals surface area contributed by atoms with Crippen molar-refractivity contribution in [1.29, 1.82) is 0 Å². The average molecular weight is 517 g/mol. The van der Waals surface area contributed by atoms with Crippen LogP contribution in [0.2, 0.25) is 0 Å². The summed E-state index contributed by atoms with van der Waals surface area (Å²) in [5.74, 6) is -0.00193. The second kappa shape index (κ2) is 9.56. The molecule has 0 saturated carbocycles. The molecular weight excluding hydrogens is 496 g/mol. The standard InChI is InChI=1S/C26H20N4O4S2/c1-14-15(2)36-26-23(14)25(32)28-24(29-26)18-8-10-21(20(12-18)30(33)34)35-13-22(31)27-19-9-7-16-5-3-4-6-17(16)11-19/h3-12H,13H2,1-2H3,(H,27,31)(H,28,29,32). The summed E-state index contributed by atoms with van der Waals surface area (Å²) in [4.78, 5) is 45.7. The Labute approximate surface area is 213 Å². The molecule has 0 aliphatic heterocycles. The van der Waals surface area contributed by atoms with E-state index < -0.39 is 4.92 Å². The summed E-state index contributed by atoms with van der Waals surface area (Å²) in [6.07, 6.45) is 0. The lowest BCUT2D eigenvalue weighted by molar-refractivity contribution is -0.387. The minimum absolute atomic E-state index is 0.00179. The minimum atomic E-state index is -0.497. The SMILES string of the molecule is Cc1sc2nc(-c3ccc(SCC(=O)Nc4ccc5ccccc5c4)c([N+](=O)[O-])c3)[nH]c(=O)c2c1C. The first-order valence-corrected chi connectivity index (χ1v) is 12.8. The maximum atomic E-state index is 12.6. The number of carbonyl (C=O) groups is 1. The molecule has 3 aromatic carbocycles. The van der Waals surface area contributed by atoms with Gasteiger partial charge in [-0.25, -0.2) is 4.98 Å². The van der Waals surface area contributed by atoms with E-state index >= 15 is 0 Å². The number of nitro groups is 1. The van der Waals surface area contributed by atoms with Gasteiger partial charge in [0.2, 0.25) is 5.91 Å². The number of nitro benzene ring substituents is 1. The Hall–Kier alpha value is -4.02. The molecule has 0 radical (unpaired) electrons. The second-order valence-corrected chi connectivity index (χ2v) is 10.4. The number of benzene rings is 3. The fourth-order valence-corrected chi connectivity index (χ4v) is 5.76. The van der Waals surface area contributed by atoms with Gasteiger partial charge in [0, 0.05) is 22.2 Å². The van der Waals surface area contributed by atoms with Crippen molar-refractivity contribution in [2.75, 3.05) is 11.1 Å². The van der Waals surface area contributed by atoms with Gasteiger partial charge in [-0.2, -0.15) is 0 Å². The number of thioether (sulfide) groups is 1. The molecule has 5 aromatic rings. The highest BCUT2D eigenvalue weighted by atomic mass is 32.2. The molecule has 8 nitrogen and oxygen atoms in total. The predicted molar refractivity (Wildman–Crippen MR) is 145 cm³/mol. The molecule has 0 atom stereocenters. The van der Waals surface area contributed by atoms with E-state index in [1.54, 1.807) is 12.1 Å². The molecule has 0 spiro atoms. The molecule has 0 saturated heterocycles. The fraction of sp³-hybridized carbons (Fsp3) is 0.115. The van der Waals surface area contributed by atoms with Gasteiger partial charge < -0.3 is 10.3 Å². The summed E-state index contributed by atoms with van der Waals surface area (Å²) in [6.45, 7) is 3.80. The number of aryl methyl sites for hydroxylation is 2. The molecule has 2 heterocycles. The first-order valence-electron chi connectivity index (χ1n) is 11.0. The number of carbonyl (C=O) groups excluding carboxylic acids is 1. The summed E-state index contributed by atoms with van der Waals surface area (Å²) in [6, 6.07) is 18.1. The van der Waals surface area contributed by atoms with Gasteiger partial charge in [0.25, 0.3) is 11.2 Å². The van der Waals surface area contributed by atoms with Crippen LogP contribution in [0.3, 0.4) is 0 Å². The van der Waals surface area contributed by atoms with Crippen LogP contribution in [0.1, 0.15) is 10.4 Å². The van der Waals surface area contributed by atoms with Gasteiger partial charge in [-0.15, -0.1) is 23.1 Å². The van der Waals surface area contributed by atoms with Crippen molar-refractivity contribution < 1.29 is 9.72 Å². The first kappa shape index (κ1) is 23.7. The van der Waals surface area contributed by atoms with E-state index in [9.17, 15) is 19.7 Å². The Kier molecular flexibility index (Phi) is 6.29. The largest absolute Gasteiger partial charge is 0.325 e.